The zero-order chi connectivity index (χ0) is 23.7. The number of nitrogen functional groups attached to an aromatic ring is 1. The van der Waals surface area contributed by atoms with Gasteiger partial charge in [0.15, 0.2) is 5.82 Å². The third kappa shape index (κ3) is 4.98. The van der Waals surface area contributed by atoms with Crippen LogP contribution in [0.15, 0.2) is 35.1 Å². The van der Waals surface area contributed by atoms with E-state index >= 15 is 0 Å². The van der Waals surface area contributed by atoms with E-state index in [4.69, 9.17) is 10.5 Å². The molecule has 33 heavy (non-hydrogen) atoms. The van der Waals surface area contributed by atoms with E-state index in [-0.39, 0.29) is 23.6 Å². The molecule has 10 heteroatoms. The highest BCUT2D eigenvalue weighted by Crippen LogP contribution is 2.33. The number of aryl methyl sites for hydroxylation is 2. The minimum atomic E-state index is -0.490. The van der Waals surface area contributed by atoms with Gasteiger partial charge in [0, 0.05) is 24.2 Å². The Bertz CT molecular complexity index is 1250. The second kappa shape index (κ2) is 9.19. The molecule has 1 saturated carbocycles. The molecule has 4 rings (SSSR count). The van der Waals surface area contributed by atoms with E-state index in [1.165, 1.54) is 10.9 Å². The summed E-state index contributed by atoms with van der Waals surface area (Å²) >= 11 is 3.28. The maximum absolute atomic E-state index is 13.7. The number of amides is 1. The van der Waals surface area contributed by atoms with Gasteiger partial charge >= 0.3 is 0 Å². The Morgan fingerprint density at radius 3 is 2.85 bits per heavy atom. The molecule has 1 amide bonds. The van der Waals surface area contributed by atoms with Crippen LogP contribution in [0.1, 0.15) is 58.7 Å². The summed E-state index contributed by atoms with van der Waals surface area (Å²) in [5, 5.41) is 13.6. The Hall–Kier alpha value is -3.45. The van der Waals surface area contributed by atoms with Crippen molar-refractivity contribution in [1.29, 1.82) is 5.26 Å². The van der Waals surface area contributed by atoms with Crippen LogP contribution in [0.3, 0.4) is 0 Å². The molecular formula is C23H24BrN7O2. The van der Waals surface area contributed by atoms with Crippen molar-refractivity contribution in [2.24, 2.45) is 7.05 Å². The van der Waals surface area contributed by atoms with Crippen molar-refractivity contribution in [3.05, 3.63) is 63.1 Å². The predicted molar refractivity (Wildman–Crippen MR) is 125 cm³/mol. The quantitative estimate of drug-likeness (QED) is 0.514. The number of carbonyl (C=O) groups is 1. The smallest absolute Gasteiger partial charge is 0.258 e. The largest absolute Gasteiger partial charge is 0.467 e. The van der Waals surface area contributed by atoms with Crippen molar-refractivity contribution in [3.63, 3.8) is 0 Å². The normalized spacial score (nSPS) is 13.9. The zero-order valence-electron chi connectivity index (χ0n) is 18.6. The van der Waals surface area contributed by atoms with E-state index in [2.05, 4.69) is 37.1 Å². The van der Waals surface area contributed by atoms with Crippen LogP contribution in [0.2, 0.25) is 0 Å². The van der Waals surface area contributed by atoms with Crippen LogP contribution in [0.4, 0.5) is 5.82 Å². The molecule has 0 spiro atoms. The van der Waals surface area contributed by atoms with E-state index in [9.17, 15) is 10.1 Å². The summed E-state index contributed by atoms with van der Waals surface area (Å²) in [6.07, 6.45) is 2.90. The summed E-state index contributed by atoms with van der Waals surface area (Å²) in [7, 11) is 1.72. The van der Waals surface area contributed by atoms with E-state index in [0.717, 1.165) is 24.0 Å². The maximum Gasteiger partial charge on any atom is 0.258 e. The Kier molecular flexibility index (Phi) is 6.33. The van der Waals surface area contributed by atoms with Gasteiger partial charge in [-0.05, 0) is 54.8 Å². The molecular weight excluding hydrogens is 486 g/mol. The summed E-state index contributed by atoms with van der Waals surface area (Å²) < 4.78 is 8.05. The average Bonchev–Trinajstić information content (AvgIpc) is 3.56. The number of carbonyl (C=O) groups excluding carboxylic acids is 1. The monoisotopic (exact) mass is 509 g/mol. The first-order valence-electron chi connectivity index (χ1n) is 10.6. The van der Waals surface area contributed by atoms with Crippen molar-refractivity contribution in [3.8, 4) is 11.9 Å². The van der Waals surface area contributed by atoms with Gasteiger partial charge in [0.25, 0.3) is 11.8 Å². The number of nitriles is 1. The predicted octanol–water partition coefficient (Wildman–Crippen LogP) is 3.68. The lowest BCUT2D eigenvalue weighted by Crippen LogP contribution is -2.34. The molecule has 0 radical (unpaired) electrons. The van der Waals surface area contributed by atoms with Gasteiger partial charge in [0.05, 0.1) is 18.4 Å². The number of hydrogen-bond donors (Lipinski definition) is 1. The molecule has 9 nitrogen and oxygen atoms in total. The minimum Gasteiger partial charge on any atom is -0.467 e. The average molecular weight is 510 g/mol. The lowest BCUT2D eigenvalue weighted by atomic mass is 9.99. The minimum absolute atomic E-state index is 0.0968. The first-order chi connectivity index (χ1) is 15.8. The number of ether oxygens (including phenoxy) is 1. The molecule has 1 aliphatic carbocycles. The van der Waals surface area contributed by atoms with Gasteiger partial charge in [-0.3, -0.25) is 9.48 Å². The summed E-state index contributed by atoms with van der Waals surface area (Å²) in [6.45, 7) is 4.16. The number of rotatable bonds is 7. The van der Waals surface area contributed by atoms with Crippen molar-refractivity contribution in [2.75, 3.05) is 5.73 Å². The fraction of sp³-hybridized carbons (Fsp3) is 0.348. The Morgan fingerprint density at radius 2 is 2.18 bits per heavy atom. The number of benzene rings is 1. The van der Waals surface area contributed by atoms with Gasteiger partial charge < -0.3 is 15.4 Å². The van der Waals surface area contributed by atoms with E-state index in [1.54, 1.807) is 13.1 Å². The molecule has 1 unspecified atom stereocenters. The standard InChI is InChI=1S/C23H24BrN7O2/c1-13-4-7-18(19(8-13)14(2)33-22-21(26)27-11-20(24)28-22)23(32)31(16-5-6-16)12-15-9-17(10-25)30(3)29-15/h4,7-9,11,14,16H,5-6,12H2,1-3H3,(H2,26,27). The Labute approximate surface area is 200 Å². The fourth-order valence-corrected chi connectivity index (χ4v) is 3.95. The number of aromatic nitrogens is 4. The first kappa shape index (κ1) is 22.7. The highest BCUT2D eigenvalue weighted by Gasteiger charge is 2.35. The summed E-state index contributed by atoms with van der Waals surface area (Å²) in [4.78, 5) is 23.9. The number of nitrogens with zero attached hydrogens (tertiary/aromatic N) is 6. The Balaban J connectivity index is 1.64. The third-order valence-electron chi connectivity index (χ3n) is 5.53. The van der Waals surface area contributed by atoms with Gasteiger partial charge in [-0.15, -0.1) is 0 Å². The van der Waals surface area contributed by atoms with Crippen LogP contribution < -0.4 is 10.5 Å². The summed E-state index contributed by atoms with van der Waals surface area (Å²) in [6, 6.07) is 9.68. The van der Waals surface area contributed by atoms with Crippen LogP contribution >= 0.6 is 15.9 Å². The van der Waals surface area contributed by atoms with Gasteiger partial charge in [-0.25, -0.2) is 9.97 Å². The lowest BCUT2D eigenvalue weighted by molar-refractivity contribution is 0.0722. The molecule has 170 valence electrons. The van der Waals surface area contributed by atoms with Crippen LogP contribution in [0.25, 0.3) is 0 Å². The van der Waals surface area contributed by atoms with Crippen LogP contribution in [-0.2, 0) is 13.6 Å². The van der Waals surface area contributed by atoms with Crippen LogP contribution in [-0.4, -0.2) is 36.6 Å². The molecule has 2 N–H and O–H groups in total. The Morgan fingerprint density at radius 1 is 1.42 bits per heavy atom. The third-order valence-corrected chi connectivity index (χ3v) is 5.91. The SMILES string of the molecule is Cc1ccc(C(=O)N(Cc2cc(C#N)n(C)n2)C2CC2)c(C(C)Oc2nc(Br)cnc2N)c1. The van der Waals surface area contributed by atoms with E-state index in [0.29, 0.717) is 28.1 Å². The molecule has 0 aliphatic heterocycles. The fourth-order valence-electron chi connectivity index (χ4n) is 3.68. The summed E-state index contributed by atoms with van der Waals surface area (Å²) in [5.74, 6) is 0.280. The number of anilines is 1. The summed E-state index contributed by atoms with van der Waals surface area (Å²) in [5.41, 5.74) is 9.37. The molecule has 1 aliphatic rings. The molecule has 1 aromatic carbocycles. The van der Waals surface area contributed by atoms with E-state index in [1.807, 2.05) is 36.9 Å². The number of nitrogens with two attached hydrogens (primary N) is 1. The zero-order valence-corrected chi connectivity index (χ0v) is 20.2. The van der Waals surface area contributed by atoms with Gasteiger partial charge in [0.2, 0.25) is 0 Å². The van der Waals surface area contributed by atoms with E-state index < -0.39 is 6.10 Å². The second-order valence-corrected chi connectivity index (χ2v) is 8.97. The molecule has 2 aromatic heterocycles. The molecule has 1 atom stereocenters. The van der Waals surface area contributed by atoms with Crippen LogP contribution in [0, 0.1) is 18.3 Å². The van der Waals surface area contributed by atoms with Crippen molar-refractivity contribution in [1.82, 2.24) is 24.6 Å². The highest BCUT2D eigenvalue weighted by atomic mass is 79.9. The van der Waals surface area contributed by atoms with Crippen LogP contribution in [0.5, 0.6) is 5.88 Å². The van der Waals surface area contributed by atoms with Crippen molar-refractivity contribution in [2.45, 2.75) is 45.4 Å². The lowest BCUT2D eigenvalue weighted by Gasteiger charge is -2.25. The maximum atomic E-state index is 13.7. The molecule has 3 aromatic rings. The molecule has 1 fully saturated rings. The second-order valence-electron chi connectivity index (χ2n) is 8.15. The first-order valence-corrected chi connectivity index (χ1v) is 11.3. The highest BCUT2D eigenvalue weighted by molar-refractivity contribution is 9.10. The van der Waals surface area contributed by atoms with Gasteiger partial charge in [-0.1, -0.05) is 17.7 Å². The molecule has 0 saturated heterocycles. The van der Waals surface area contributed by atoms with Gasteiger partial charge in [0.1, 0.15) is 22.5 Å². The number of hydrogen-bond acceptors (Lipinski definition) is 7. The van der Waals surface area contributed by atoms with Crippen molar-refractivity contribution >= 4 is 27.7 Å². The molecule has 2 heterocycles. The number of halogens is 1. The topological polar surface area (TPSA) is 123 Å². The van der Waals surface area contributed by atoms with Crippen molar-refractivity contribution < 1.29 is 9.53 Å². The van der Waals surface area contributed by atoms with Gasteiger partial charge in [-0.2, -0.15) is 10.4 Å². The molecule has 0 bridgehead atoms.